The minimum absolute atomic E-state index is 0.00849. The SMILES string of the molecule is CC1CN(C(=O)c2ccncc2C#CCCO)C(C)CO1. The molecule has 1 aromatic heterocycles. The molecule has 112 valence electrons. The Morgan fingerprint density at radius 3 is 3.14 bits per heavy atom. The van der Waals surface area contributed by atoms with Crippen LogP contribution in [0.1, 0.15) is 36.2 Å². The highest BCUT2D eigenvalue weighted by Gasteiger charge is 2.29. The van der Waals surface area contributed by atoms with Gasteiger partial charge in [0, 0.05) is 25.4 Å². The van der Waals surface area contributed by atoms with E-state index in [2.05, 4.69) is 16.8 Å². The standard InChI is InChI=1S/C16H20N2O3/c1-12-11-21-13(2)10-18(12)16(20)15-6-7-17-9-14(15)5-3-4-8-19/h6-7,9,12-13,19H,4,8,10-11H2,1-2H3. The Kier molecular flexibility index (Phi) is 5.32. The maximum absolute atomic E-state index is 12.7. The number of aliphatic hydroxyl groups is 1. The summed E-state index contributed by atoms with van der Waals surface area (Å²) in [7, 11) is 0. The molecule has 1 aromatic rings. The predicted molar refractivity (Wildman–Crippen MR) is 78.7 cm³/mol. The van der Waals surface area contributed by atoms with Gasteiger partial charge in [0.15, 0.2) is 0 Å². The highest BCUT2D eigenvalue weighted by atomic mass is 16.5. The molecule has 0 spiro atoms. The van der Waals surface area contributed by atoms with Gasteiger partial charge in [-0.2, -0.15) is 0 Å². The van der Waals surface area contributed by atoms with Crippen LogP contribution in [0.25, 0.3) is 0 Å². The molecule has 1 aliphatic rings. The number of carbonyl (C=O) groups is 1. The first-order valence-corrected chi connectivity index (χ1v) is 7.09. The predicted octanol–water partition coefficient (Wildman–Crippen LogP) is 1.06. The van der Waals surface area contributed by atoms with Crippen LogP contribution in [0, 0.1) is 11.8 Å². The molecule has 0 bridgehead atoms. The van der Waals surface area contributed by atoms with Gasteiger partial charge in [-0.1, -0.05) is 11.8 Å². The molecular formula is C16H20N2O3. The monoisotopic (exact) mass is 288 g/mol. The smallest absolute Gasteiger partial charge is 0.255 e. The lowest BCUT2D eigenvalue weighted by atomic mass is 10.1. The second kappa shape index (κ2) is 7.21. The number of hydrogen-bond donors (Lipinski definition) is 1. The molecule has 21 heavy (non-hydrogen) atoms. The highest BCUT2D eigenvalue weighted by molar-refractivity contribution is 5.96. The first-order chi connectivity index (χ1) is 10.1. The Hall–Kier alpha value is -1.90. The molecule has 2 unspecified atom stereocenters. The number of aromatic nitrogens is 1. The van der Waals surface area contributed by atoms with Crippen LogP contribution in [0.5, 0.6) is 0 Å². The van der Waals surface area contributed by atoms with Gasteiger partial charge in [-0.25, -0.2) is 0 Å². The van der Waals surface area contributed by atoms with E-state index in [1.54, 1.807) is 18.5 Å². The Morgan fingerprint density at radius 2 is 2.38 bits per heavy atom. The molecule has 1 N–H and O–H groups in total. The third kappa shape index (κ3) is 3.81. The summed E-state index contributed by atoms with van der Waals surface area (Å²) in [6, 6.07) is 1.73. The third-order valence-electron chi connectivity index (χ3n) is 3.38. The Balaban J connectivity index is 2.25. The molecule has 2 rings (SSSR count). The fourth-order valence-corrected chi connectivity index (χ4v) is 2.24. The van der Waals surface area contributed by atoms with E-state index in [0.29, 0.717) is 30.7 Å². The summed E-state index contributed by atoms with van der Waals surface area (Å²) in [4.78, 5) is 18.6. The summed E-state index contributed by atoms with van der Waals surface area (Å²) < 4.78 is 5.55. The maximum atomic E-state index is 12.7. The molecule has 1 aliphatic heterocycles. The van der Waals surface area contributed by atoms with Crippen molar-refractivity contribution in [2.75, 3.05) is 19.8 Å². The van der Waals surface area contributed by atoms with Crippen molar-refractivity contribution in [3.63, 3.8) is 0 Å². The van der Waals surface area contributed by atoms with Crippen LogP contribution in [-0.2, 0) is 4.74 Å². The normalized spacial score (nSPS) is 21.6. The first kappa shape index (κ1) is 15.5. The summed E-state index contributed by atoms with van der Waals surface area (Å²) in [5.74, 6) is 5.70. The van der Waals surface area contributed by atoms with Gasteiger partial charge in [0.25, 0.3) is 5.91 Å². The van der Waals surface area contributed by atoms with Gasteiger partial charge in [0.1, 0.15) is 0 Å². The molecule has 0 saturated carbocycles. The zero-order valence-electron chi connectivity index (χ0n) is 12.4. The summed E-state index contributed by atoms with van der Waals surface area (Å²) in [5, 5.41) is 8.78. The van der Waals surface area contributed by atoms with E-state index in [0.717, 1.165) is 0 Å². The third-order valence-corrected chi connectivity index (χ3v) is 3.38. The minimum atomic E-state index is -0.0478. The van der Waals surface area contributed by atoms with Gasteiger partial charge < -0.3 is 14.7 Å². The molecule has 1 amide bonds. The van der Waals surface area contributed by atoms with Crippen LogP contribution in [0.3, 0.4) is 0 Å². The van der Waals surface area contributed by atoms with E-state index in [-0.39, 0.29) is 24.7 Å². The van der Waals surface area contributed by atoms with Crippen molar-refractivity contribution < 1.29 is 14.6 Å². The number of ether oxygens (including phenoxy) is 1. The van der Waals surface area contributed by atoms with Gasteiger partial charge >= 0.3 is 0 Å². The second-order valence-electron chi connectivity index (χ2n) is 5.15. The van der Waals surface area contributed by atoms with Crippen LogP contribution < -0.4 is 0 Å². The lowest BCUT2D eigenvalue weighted by Crippen LogP contribution is -2.50. The van der Waals surface area contributed by atoms with Crippen molar-refractivity contribution in [1.82, 2.24) is 9.88 Å². The van der Waals surface area contributed by atoms with Crippen LogP contribution in [0.15, 0.2) is 18.5 Å². The van der Waals surface area contributed by atoms with Crippen molar-refractivity contribution in [2.45, 2.75) is 32.4 Å². The number of pyridine rings is 1. The quantitative estimate of drug-likeness (QED) is 0.827. The Bertz CT molecular complexity index is 562. The van der Waals surface area contributed by atoms with E-state index in [9.17, 15) is 4.79 Å². The molecule has 0 aliphatic carbocycles. The van der Waals surface area contributed by atoms with Crippen molar-refractivity contribution in [1.29, 1.82) is 0 Å². The molecule has 2 heterocycles. The summed E-state index contributed by atoms with van der Waals surface area (Å²) in [6.07, 6.45) is 3.61. The van der Waals surface area contributed by atoms with Gasteiger partial charge in [-0.15, -0.1) is 0 Å². The average molecular weight is 288 g/mol. The molecule has 5 heteroatoms. The zero-order valence-corrected chi connectivity index (χ0v) is 12.4. The van der Waals surface area contributed by atoms with Gasteiger partial charge in [0.2, 0.25) is 0 Å². The number of aliphatic hydroxyl groups excluding tert-OH is 1. The zero-order chi connectivity index (χ0) is 15.2. The average Bonchev–Trinajstić information content (AvgIpc) is 2.50. The van der Waals surface area contributed by atoms with Crippen molar-refractivity contribution >= 4 is 5.91 Å². The minimum Gasteiger partial charge on any atom is -0.395 e. The van der Waals surface area contributed by atoms with Gasteiger partial charge in [0.05, 0.1) is 36.5 Å². The van der Waals surface area contributed by atoms with Crippen molar-refractivity contribution in [3.8, 4) is 11.8 Å². The highest BCUT2D eigenvalue weighted by Crippen LogP contribution is 2.17. The van der Waals surface area contributed by atoms with E-state index in [1.807, 2.05) is 18.7 Å². The molecule has 2 atom stereocenters. The lowest BCUT2D eigenvalue weighted by Gasteiger charge is -2.37. The fraction of sp³-hybridized carbons (Fsp3) is 0.500. The number of morpholine rings is 1. The number of carbonyl (C=O) groups excluding carboxylic acids is 1. The topological polar surface area (TPSA) is 62.7 Å². The van der Waals surface area contributed by atoms with E-state index in [4.69, 9.17) is 9.84 Å². The maximum Gasteiger partial charge on any atom is 0.255 e. The van der Waals surface area contributed by atoms with Gasteiger partial charge in [-0.3, -0.25) is 9.78 Å². The molecule has 0 radical (unpaired) electrons. The summed E-state index contributed by atoms with van der Waals surface area (Å²) >= 11 is 0. The van der Waals surface area contributed by atoms with Crippen LogP contribution in [-0.4, -0.2) is 52.8 Å². The number of hydrogen-bond acceptors (Lipinski definition) is 4. The number of rotatable bonds is 2. The van der Waals surface area contributed by atoms with E-state index >= 15 is 0 Å². The van der Waals surface area contributed by atoms with Gasteiger partial charge in [-0.05, 0) is 19.9 Å². The molecule has 1 saturated heterocycles. The number of amides is 1. The second-order valence-corrected chi connectivity index (χ2v) is 5.15. The van der Waals surface area contributed by atoms with Crippen LogP contribution >= 0.6 is 0 Å². The largest absolute Gasteiger partial charge is 0.395 e. The molecule has 1 fully saturated rings. The first-order valence-electron chi connectivity index (χ1n) is 7.09. The molecule has 5 nitrogen and oxygen atoms in total. The van der Waals surface area contributed by atoms with Crippen LogP contribution in [0.2, 0.25) is 0 Å². The lowest BCUT2D eigenvalue weighted by molar-refractivity contribution is -0.0387. The summed E-state index contributed by atoms with van der Waals surface area (Å²) in [5.41, 5.74) is 1.15. The fourth-order valence-electron chi connectivity index (χ4n) is 2.24. The van der Waals surface area contributed by atoms with Crippen molar-refractivity contribution in [2.24, 2.45) is 0 Å². The molecular weight excluding hydrogens is 268 g/mol. The summed E-state index contributed by atoms with van der Waals surface area (Å²) in [6.45, 7) is 5.06. The Morgan fingerprint density at radius 1 is 1.57 bits per heavy atom. The van der Waals surface area contributed by atoms with Crippen molar-refractivity contribution in [3.05, 3.63) is 29.6 Å². The van der Waals surface area contributed by atoms with Crippen LogP contribution in [0.4, 0.5) is 0 Å². The molecule has 0 aromatic carbocycles. The van der Waals surface area contributed by atoms with E-state index < -0.39 is 0 Å². The van der Waals surface area contributed by atoms with E-state index in [1.165, 1.54) is 0 Å². The number of nitrogens with zero attached hydrogens (tertiary/aromatic N) is 2. The Labute approximate surface area is 124 Å².